The molecule has 0 amide bonds. The molecule has 0 fully saturated rings. The zero-order chi connectivity index (χ0) is 16.7. The van der Waals surface area contributed by atoms with Gasteiger partial charge in [-0.1, -0.05) is 40.7 Å². The second kappa shape index (κ2) is 8.89. The van der Waals surface area contributed by atoms with Crippen LogP contribution in [0.2, 0.25) is 15.1 Å². The first-order valence-corrected chi connectivity index (χ1v) is 7.47. The molecular weight excluding hydrogens is 351 g/mol. The Hall–Kier alpha value is -1.41. The highest BCUT2D eigenvalue weighted by Gasteiger charge is 2.15. The Bertz CT molecular complexity index is 584. The van der Waals surface area contributed by atoms with E-state index >= 15 is 0 Å². The van der Waals surface area contributed by atoms with Gasteiger partial charge in [-0.25, -0.2) is 0 Å². The second-order valence-corrected chi connectivity index (χ2v) is 5.58. The fourth-order valence-electron chi connectivity index (χ4n) is 1.46. The van der Waals surface area contributed by atoms with Crippen LogP contribution in [-0.2, 0) is 14.3 Å². The fraction of sp³-hybridized carbons (Fsp3) is 0.333. The molecule has 1 aromatic rings. The molecule has 0 aliphatic rings. The molecule has 0 radical (unpaired) electrons. The van der Waals surface area contributed by atoms with E-state index in [0.29, 0.717) is 5.02 Å². The molecule has 1 unspecified atom stereocenters. The Morgan fingerprint density at radius 2 is 1.73 bits per heavy atom. The van der Waals surface area contributed by atoms with Crippen LogP contribution in [0.15, 0.2) is 12.1 Å². The van der Waals surface area contributed by atoms with Crippen molar-refractivity contribution in [3.8, 4) is 18.1 Å². The van der Waals surface area contributed by atoms with Crippen LogP contribution in [0.25, 0.3) is 0 Å². The van der Waals surface area contributed by atoms with Crippen LogP contribution in [0.3, 0.4) is 0 Å². The van der Waals surface area contributed by atoms with Gasteiger partial charge in [0.1, 0.15) is 0 Å². The summed E-state index contributed by atoms with van der Waals surface area (Å²) in [5.74, 6) is 1.28. The lowest BCUT2D eigenvalue weighted by atomic mass is 10.2. The minimum atomic E-state index is -0.592. The largest absolute Gasteiger partial charge is 0.449 e. The van der Waals surface area contributed by atoms with Gasteiger partial charge in [0.2, 0.25) is 0 Å². The molecule has 0 spiro atoms. The molecule has 4 nitrogen and oxygen atoms in total. The van der Waals surface area contributed by atoms with Gasteiger partial charge in [0, 0.05) is 17.9 Å². The van der Waals surface area contributed by atoms with Crippen molar-refractivity contribution in [3.05, 3.63) is 27.2 Å². The first kappa shape index (κ1) is 18.6. The molecule has 118 valence electrons. The average Bonchev–Trinajstić information content (AvgIpc) is 2.42. The minimum Gasteiger partial charge on any atom is -0.449 e. The van der Waals surface area contributed by atoms with Gasteiger partial charge in [0.05, 0.1) is 10.0 Å². The first-order chi connectivity index (χ1) is 10.3. The van der Waals surface area contributed by atoms with E-state index in [1.54, 1.807) is 6.92 Å². The summed E-state index contributed by atoms with van der Waals surface area (Å²) in [6, 6.07) is 2.83. The van der Waals surface area contributed by atoms with Gasteiger partial charge in [0.15, 0.2) is 11.9 Å². The smallest absolute Gasteiger partial charge is 0.311 e. The highest BCUT2D eigenvalue weighted by atomic mass is 35.5. The minimum absolute atomic E-state index is 0.00875. The van der Waals surface area contributed by atoms with Gasteiger partial charge in [-0.15, -0.1) is 6.42 Å². The Kier molecular flexibility index (Phi) is 7.53. The zero-order valence-corrected chi connectivity index (χ0v) is 14.0. The maximum atomic E-state index is 11.7. The number of ether oxygens (including phenoxy) is 2. The van der Waals surface area contributed by atoms with Gasteiger partial charge in [-0.05, 0) is 25.5 Å². The lowest BCUT2D eigenvalue weighted by molar-refractivity contribution is -0.146. The van der Waals surface area contributed by atoms with Crippen molar-refractivity contribution in [1.29, 1.82) is 0 Å². The highest BCUT2D eigenvalue weighted by molar-refractivity contribution is 6.40. The van der Waals surface area contributed by atoms with Gasteiger partial charge >= 0.3 is 11.9 Å². The molecule has 0 aromatic heterocycles. The second-order valence-electron chi connectivity index (χ2n) is 4.32. The number of rotatable bonds is 6. The maximum Gasteiger partial charge on any atom is 0.311 e. The summed E-state index contributed by atoms with van der Waals surface area (Å²) < 4.78 is 9.94. The summed E-state index contributed by atoms with van der Waals surface area (Å²) in [5.41, 5.74) is 0. The van der Waals surface area contributed by atoms with Crippen LogP contribution in [0.1, 0.15) is 26.2 Å². The van der Waals surface area contributed by atoms with Crippen molar-refractivity contribution in [2.75, 3.05) is 0 Å². The molecule has 0 saturated heterocycles. The van der Waals surface area contributed by atoms with Crippen molar-refractivity contribution in [3.63, 3.8) is 0 Å². The first-order valence-electron chi connectivity index (χ1n) is 6.34. The van der Waals surface area contributed by atoms with Crippen LogP contribution >= 0.6 is 34.8 Å². The van der Waals surface area contributed by atoms with Crippen molar-refractivity contribution < 1.29 is 19.1 Å². The molecule has 0 aliphatic heterocycles. The molecule has 0 bridgehead atoms. The number of hydrogen-bond acceptors (Lipinski definition) is 4. The summed E-state index contributed by atoms with van der Waals surface area (Å²) in [6.07, 6.45) is 4.82. The number of benzene rings is 1. The fourth-order valence-corrected chi connectivity index (χ4v) is 2.35. The predicted molar refractivity (Wildman–Crippen MR) is 85.3 cm³/mol. The van der Waals surface area contributed by atoms with Crippen molar-refractivity contribution in [2.24, 2.45) is 0 Å². The molecule has 1 aromatic carbocycles. The number of halogens is 3. The van der Waals surface area contributed by atoms with E-state index < -0.39 is 18.0 Å². The third kappa shape index (κ3) is 6.15. The van der Waals surface area contributed by atoms with Crippen LogP contribution in [-0.4, -0.2) is 18.0 Å². The van der Waals surface area contributed by atoms with Crippen LogP contribution in [0.5, 0.6) is 5.75 Å². The summed E-state index contributed by atoms with van der Waals surface area (Å²) in [5, 5.41) is 0.599. The maximum absolute atomic E-state index is 11.7. The van der Waals surface area contributed by atoms with Gasteiger partial charge in [0.25, 0.3) is 0 Å². The summed E-state index contributed by atoms with van der Waals surface area (Å²) in [7, 11) is 0. The van der Waals surface area contributed by atoms with Gasteiger partial charge < -0.3 is 9.47 Å². The molecule has 1 atom stereocenters. The van der Waals surface area contributed by atoms with E-state index in [9.17, 15) is 9.59 Å². The Morgan fingerprint density at radius 3 is 2.27 bits per heavy atom. The molecule has 22 heavy (non-hydrogen) atoms. The van der Waals surface area contributed by atoms with Crippen LogP contribution < -0.4 is 4.74 Å². The van der Waals surface area contributed by atoms with Gasteiger partial charge in [-0.3, -0.25) is 9.59 Å². The van der Waals surface area contributed by atoms with E-state index in [2.05, 4.69) is 5.92 Å². The number of carbonyl (C=O) groups is 2. The lowest BCUT2D eigenvalue weighted by Crippen LogP contribution is -2.14. The van der Waals surface area contributed by atoms with Crippen LogP contribution in [0.4, 0.5) is 0 Å². The topological polar surface area (TPSA) is 52.6 Å². The predicted octanol–water partition coefficient (Wildman–Crippen LogP) is 4.29. The normalized spacial score (nSPS) is 11.4. The number of hydrogen-bond donors (Lipinski definition) is 0. The molecule has 0 saturated carbocycles. The lowest BCUT2D eigenvalue weighted by Gasteiger charge is -2.09. The Balaban J connectivity index is 2.45. The number of carbonyl (C=O) groups excluding carboxylic acids is 2. The van der Waals surface area contributed by atoms with Gasteiger partial charge in [-0.2, -0.15) is 0 Å². The Morgan fingerprint density at radius 1 is 1.18 bits per heavy atom. The quantitative estimate of drug-likeness (QED) is 0.430. The zero-order valence-electron chi connectivity index (χ0n) is 11.7. The van der Waals surface area contributed by atoms with Crippen molar-refractivity contribution in [2.45, 2.75) is 32.3 Å². The van der Waals surface area contributed by atoms with E-state index in [4.69, 9.17) is 50.7 Å². The molecule has 0 N–H and O–H groups in total. The van der Waals surface area contributed by atoms with E-state index in [1.165, 1.54) is 12.1 Å². The van der Waals surface area contributed by atoms with E-state index in [-0.39, 0.29) is 35.1 Å². The third-order valence-corrected chi connectivity index (χ3v) is 3.26. The molecule has 0 heterocycles. The van der Waals surface area contributed by atoms with Crippen molar-refractivity contribution in [1.82, 2.24) is 0 Å². The van der Waals surface area contributed by atoms with Crippen LogP contribution in [0, 0.1) is 12.3 Å². The highest BCUT2D eigenvalue weighted by Crippen LogP contribution is 2.36. The summed E-state index contributed by atoms with van der Waals surface area (Å²) in [6.45, 7) is 1.58. The SMILES string of the molecule is C#CC(C)OC(=O)CCCC(=O)Oc1c(Cl)cc(Cl)cc1Cl. The third-order valence-electron chi connectivity index (χ3n) is 2.48. The number of terminal acetylenes is 1. The monoisotopic (exact) mass is 362 g/mol. The molecule has 0 aliphatic carbocycles. The van der Waals surface area contributed by atoms with E-state index in [0.717, 1.165) is 0 Å². The Labute approximate surface area is 143 Å². The number of esters is 2. The molecule has 7 heteroatoms. The van der Waals surface area contributed by atoms with Crippen molar-refractivity contribution >= 4 is 46.7 Å². The summed E-state index contributed by atoms with van der Waals surface area (Å²) in [4.78, 5) is 23.1. The standard InChI is InChI=1S/C15H13Cl3O4/c1-3-9(2)21-13(19)5-4-6-14(20)22-15-11(17)7-10(16)8-12(15)18/h1,7-9H,4-6H2,2H3. The average molecular weight is 364 g/mol. The van der Waals surface area contributed by atoms with E-state index in [1.807, 2.05) is 0 Å². The summed E-state index contributed by atoms with van der Waals surface area (Å²) >= 11 is 17.6. The molecule has 1 rings (SSSR count). The molecular formula is C15H13Cl3O4.